The predicted octanol–water partition coefficient (Wildman–Crippen LogP) is 4.91. The Labute approximate surface area is 125 Å². The number of hydrogen-bond donors (Lipinski definition) is 1. The molecule has 0 aliphatic carbocycles. The number of nitrogens with zero attached hydrogens (tertiary/aromatic N) is 1. The summed E-state index contributed by atoms with van der Waals surface area (Å²) in [5, 5.41) is 4.28. The summed E-state index contributed by atoms with van der Waals surface area (Å²) in [7, 11) is 0. The number of unbranched alkanes of at least 4 members (excludes halogenated alkanes) is 6. The molecule has 3 nitrogen and oxygen atoms in total. The van der Waals surface area contributed by atoms with Crippen LogP contribution in [0.3, 0.4) is 0 Å². The van der Waals surface area contributed by atoms with E-state index in [2.05, 4.69) is 45.1 Å². The third-order valence-electron chi connectivity index (χ3n) is 3.50. The highest BCUT2D eigenvalue weighted by molar-refractivity contribution is 5.89. The third kappa shape index (κ3) is 9.99. The van der Waals surface area contributed by atoms with E-state index < -0.39 is 0 Å². The summed E-state index contributed by atoms with van der Waals surface area (Å²) >= 11 is 0. The zero-order valence-corrected chi connectivity index (χ0v) is 14.2. The molecular formula is C17H34N2O. The average Bonchev–Trinajstić information content (AvgIpc) is 2.37. The third-order valence-corrected chi connectivity index (χ3v) is 3.50. The summed E-state index contributed by atoms with van der Waals surface area (Å²) in [6.45, 7) is 10.7. The molecule has 0 heterocycles. The van der Waals surface area contributed by atoms with Gasteiger partial charge in [-0.1, -0.05) is 73.1 Å². The highest BCUT2D eigenvalue weighted by Crippen LogP contribution is 2.09. The maximum absolute atomic E-state index is 11.7. The van der Waals surface area contributed by atoms with Crippen LogP contribution in [0.4, 0.5) is 0 Å². The zero-order chi connectivity index (χ0) is 15.4. The Balaban J connectivity index is 3.75. The number of rotatable bonds is 11. The molecule has 0 bridgehead atoms. The van der Waals surface area contributed by atoms with Gasteiger partial charge in [-0.2, -0.15) is 5.10 Å². The van der Waals surface area contributed by atoms with Gasteiger partial charge in [-0.3, -0.25) is 4.79 Å². The SMILES string of the molecule is CCCCCCCCCC(=O)NN=C(C(C)C)C(C)C. The first-order valence-corrected chi connectivity index (χ1v) is 8.35. The fourth-order valence-corrected chi connectivity index (χ4v) is 2.35. The minimum absolute atomic E-state index is 0.0531. The largest absolute Gasteiger partial charge is 0.273 e. The second kappa shape index (κ2) is 11.9. The Morgan fingerprint density at radius 1 is 0.900 bits per heavy atom. The maximum atomic E-state index is 11.7. The van der Waals surface area contributed by atoms with Crippen molar-refractivity contribution in [1.29, 1.82) is 0 Å². The van der Waals surface area contributed by atoms with Crippen molar-refractivity contribution in [1.82, 2.24) is 5.43 Å². The van der Waals surface area contributed by atoms with E-state index >= 15 is 0 Å². The molecule has 0 saturated heterocycles. The normalized spacial score (nSPS) is 10.9. The Hall–Kier alpha value is -0.860. The molecule has 3 heteroatoms. The molecule has 0 rings (SSSR count). The Morgan fingerprint density at radius 2 is 1.40 bits per heavy atom. The van der Waals surface area contributed by atoms with Gasteiger partial charge in [0.1, 0.15) is 0 Å². The van der Waals surface area contributed by atoms with E-state index in [0.29, 0.717) is 18.3 Å². The van der Waals surface area contributed by atoms with Crippen LogP contribution in [0, 0.1) is 11.8 Å². The van der Waals surface area contributed by atoms with Crippen molar-refractivity contribution >= 4 is 11.6 Å². The van der Waals surface area contributed by atoms with Gasteiger partial charge in [0.2, 0.25) is 5.91 Å². The summed E-state index contributed by atoms with van der Waals surface area (Å²) in [6, 6.07) is 0. The molecule has 0 fully saturated rings. The molecule has 1 amide bonds. The number of hydrazone groups is 1. The van der Waals surface area contributed by atoms with Crippen molar-refractivity contribution in [3.05, 3.63) is 0 Å². The summed E-state index contributed by atoms with van der Waals surface area (Å²) in [6.07, 6.45) is 9.24. The topological polar surface area (TPSA) is 41.5 Å². The lowest BCUT2D eigenvalue weighted by molar-refractivity contribution is -0.121. The Morgan fingerprint density at radius 3 is 1.90 bits per heavy atom. The second-order valence-electron chi connectivity index (χ2n) is 6.25. The standard InChI is InChI=1S/C17H34N2O/c1-6-7-8-9-10-11-12-13-16(20)18-19-17(14(2)3)15(4)5/h14-15H,6-13H2,1-5H3,(H,18,20). The van der Waals surface area contributed by atoms with Gasteiger partial charge in [-0.25, -0.2) is 5.43 Å². The molecule has 0 radical (unpaired) electrons. The first kappa shape index (κ1) is 19.1. The summed E-state index contributed by atoms with van der Waals surface area (Å²) in [5.74, 6) is 0.820. The van der Waals surface area contributed by atoms with Crippen LogP contribution in [0.2, 0.25) is 0 Å². The minimum atomic E-state index is 0.0531. The van der Waals surface area contributed by atoms with Gasteiger partial charge in [0.05, 0.1) is 0 Å². The fraction of sp³-hybridized carbons (Fsp3) is 0.882. The van der Waals surface area contributed by atoms with E-state index in [9.17, 15) is 4.79 Å². The maximum Gasteiger partial charge on any atom is 0.240 e. The number of amides is 1. The van der Waals surface area contributed by atoms with Gasteiger partial charge in [0.15, 0.2) is 0 Å². The molecule has 0 aliphatic heterocycles. The molecule has 118 valence electrons. The van der Waals surface area contributed by atoms with E-state index in [4.69, 9.17) is 0 Å². The lowest BCUT2D eigenvalue weighted by Crippen LogP contribution is -2.24. The van der Waals surface area contributed by atoms with Crippen LogP contribution in [0.5, 0.6) is 0 Å². The number of carbonyl (C=O) groups excluding carboxylic acids is 1. The van der Waals surface area contributed by atoms with Gasteiger partial charge in [0, 0.05) is 12.1 Å². The van der Waals surface area contributed by atoms with Crippen LogP contribution >= 0.6 is 0 Å². The fourth-order valence-electron chi connectivity index (χ4n) is 2.35. The monoisotopic (exact) mass is 282 g/mol. The van der Waals surface area contributed by atoms with Crippen LogP contribution in [0.1, 0.15) is 86.0 Å². The second-order valence-corrected chi connectivity index (χ2v) is 6.25. The molecule has 20 heavy (non-hydrogen) atoms. The number of carbonyl (C=O) groups is 1. The minimum Gasteiger partial charge on any atom is -0.273 e. The van der Waals surface area contributed by atoms with Gasteiger partial charge < -0.3 is 0 Å². The molecule has 0 spiro atoms. The predicted molar refractivity (Wildman–Crippen MR) is 87.9 cm³/mol. The van der Waals surface area contributed by atoms with Crippen molar-refractivity contribution in [3.8, 4) is 0 Å². The van der Waals surface area contributed by atoms with Crippen LogP contribution < -0.4 is 5.43 Å². The summed E-state index contributed by atoms with van der Waals surface area (Å²) in [4.78, 5) is 11.7. The number of hydrogen-bond acceptors (Lipinski definition) is 2. The van der Waals surface area contributed by atoms with E-state index in [-0.39, 0.29) is 5.91 Å². The van der Waals surface area contributed by atoms with Gasteiger partial charge in [0.25, 0.3) is 0 Å². The molecule has 0 aromatic heterocycles. The van der Waals surface area contributed by atoms with E-state index in [1.807, 2.05) is 0 Å². The molecule has 0 saturated carbocycles. The van der Waals surface area contributed by atoms with E-state index in [1.54, 1.807) is 0 Å². The van der Waals surface area contributed by atoms with Gasteiger partial charge in [-0.05, 0) is 18.3 Å². The van der Waals surface area contributed by atoms with E-state index in [0.717, 1.165) is 18.6 Å². The first-order chi connectivity index (χ1) is 9.49. The summed E-state index contributed by atoms with van der Waals surface area (Å²) in [5.41, 5.74) is 3.77. The Bertz CT molecular complexity index is 273. The lowest BCUT2D eigenvalue weighted by atomic mass is 9.98. The highest BCUT2D eigenvalue weighted by atomic mass is 16.2. The smallest absolute Gasteiger partial charge is 0.240 e. The van der Waals surface area contributed by atoms with Crippen molar-refractivity contribution in [2.75, 3.05) is 0 Å². The van der Waals surface area contributed by atoms with Gasteiger partial charge in [-0.15, -0.1) is 0 Å². The van der Waals surface area contributed by atoms with Crippen LogP contribution in [-0.4, -0.2) is 11.6 Å². The van der Waals surface area contributed by atoms with Gasteiger partial charge >= 0.3 is 0 Å². The molecule has 0 aromatic carbocycles. The van der Waals surface area contributed by atoms with Crippen LogP contribution in [-0.2, 0) is 4.79 Å². The average molecular weight is 282 g/mol. The van der Waals surface area contributed by atoms with Crippen LogP contribution in [0.15, 0.2) is 5.10 Å². The first-order valence-electron chi connectivity index (χ1n) is 8.35. The lowest BCUT2D eigenvalue weighted by Gasteiger charge is -2.13. The van der Waals surface area contributed by atoms with Crippen molar-refractivity contribution in [2.45, 2.75) is 86.0 Å². The van der Waals surface area contributed by atoms with Crippen molar-refractivity contribution in [3.63, 3.8) is 0 Å². The van der Waals surface area contributed by atoms with Crippen LogP contribution in [0.25, 0.3) is 0 Å². The van der Waals surface area contributed by atoms with Crippen molar-refractivity contribution in [2.24, 2.45) is 16.9 Å². The number of nitrogens with one attached hydrogen (secondary N) is 1. The highest BCUT2D eigenvalue weighted by Gasteiger charge is 2.10. The van der Waals surface area contributed by atoms with E-state index in [1.165, 1.54) is 32.1 Å². The Kier molecular flexibility index (Phi) is 11.4. The van der Waals surface area contributed by atoms with Crippen molar-refractivity contribution < 1.29 is 4.79 Å². The molecule has 0 unspecified atom stereocenters. The molecular weight excluding hydrogens is 248 g/mol. The molecule has 0 atom stereocenters. The summed E-state index contributed by atoms with van der Waals surface area (Å²) < 4.78 is 0. The zero-order valence-electron chi connectivity index (χ0n) is 14.2. The molecule has 1 N–H and O–H groups in total. The quantitative estimate of drug-likeness (QED) is 0.326. The molecule has 0 aromatic rings. The molecule has 0 aliphatic rings.